The number of rotatable bonds is 7. The molecule has 3 amide bonds. The molecule has 16 heteroatoms. The predicted molar refractivity (Wildman–Crippen MR) is 155 cm³/mol. The van der Waals surface area contributed by atoms with Gasteiger partial charge in [0.1, 0.15) is 30.0 Å². The highest BCUT2D eigenvalue weighted by atomic mass is 19.4. The van der Waals surface area contributed by atoms with Crippen molar-refractivity contribution < 1.29 is 51.3 Å². The number of anilines is 1. The Morgan fingerprint density at radius 2 is 1.74 bits per heavy atom. The number of carbonyl (C=O) groups is 3. The number of carboxylic acid groups (broad SMARTS) is 1. The summed E-state index contributed by atoms with van der Waals surface area (Å²) in [4.78, 5) is 44.5. The number of nitrogens with zero attached hydrogens (tertiary/aromatic N) is 4. The number of cyclic esters (lactones) is 1. The van der Waals surface area contributed by atoms with Crippen LogP contribution in [0.3, 0.4) is 0 Å². The van der Waals surface area contributed by atoms with E-state index in [1.54, 1.807) is 21.9 Å². The normalized spacial score (nSPS) is 18.2. The number of nitrogens with two attached hydrogens (primary N) is 1. The van der Waals surface area contributed by atoms with E-state index in [1.165, 1.54) is 29.2 Å². The number of hydrogen-bond donors (Lipinski definition) is 2. The molecule has 248 valence electrons. The average Bonchev–Trinajstić information content (AvgIpc) is 3.01. The van der Waals surface area contributed by atoms with E-state index in [0.717, 1.165) is 0 Å². The minimum atomic E-state index is -4.61. The summed E-state index contributed by atoms with van der Waals surface area (Å²) >= 11 is 0. The number of aliphatic imine (C=N–C) groups is 1. The van der Waals surface area contributed by atoms with E-state index in [2.05, 4.69) is 4.99 Å². The molecule has 12 nitrogen and oxygen atoms in total. The van der Waals surface area contributed by atoms with Gasteiger partial charge in [-0.15, -0.1) is 4.99 Å². The minimum absolute atomic E-state index is 0.123. The molecule has 2 aromatic carbocycles. The fourth-order valence-electron chi connectivity index (χ4n) is 5.82. The molecular weight excluding hydrogens is 618 g/mol. The number of halogens is 4. The summed E-state index contributed by atoms with van der Waals surface area (Å²) in [6.07, 6.45) is -5.43. The lowest BCUT2D eigenvalue weighted by atomic mass is 9.99. The molecule has 0 unspecified atom stereocenters. The molecule has 0 spiro atoms. The number of alkyl halides is 3. The molecule has 0 saturated carbocycles. The number of benzene rings is 2. The number of carbonyl (C=O) groups excluding carboxylic acids is 2. The second-order valence-electron chi connectivity index (χ2n) is 11.2. The third kappa shape index (κ3) is 7.90. The summed E-state index contributed by atoms with van der Waals surface area (Å²) in [5.74, 6) is -0.805. The summed E-state index contributed by atoms with van der Waals surface area (Å²) < 4.78 is 69.7. The topological polar surface area (TPSA) is 147 Å². The largest absolute Gasteiger partial charge is 0.490 e. The van der Waals surface area contributed by atoms with E-state index in [9.17, 15) is 31.9 Å². The summed E-state index contributed by atoms with van der Waals surface area (Å²) in [6.45, 7) is -0.420. The van der Waals surface area contributed by atoms with Crippen LogP contribution in [0.1, 0.15) is 36.8 Å². The first-order valence-corrected chi connectivity index (χ1v) is 14.7. The van der Waals surface area contributed by atoms with Gasteiger partial charge in [0.2, 0.25) is 11.9 Å². The van der Waals surface area contributed by atoms with Crippen molar-refractivity contribution in [2.75, 3.05) is 37.7 Å². The van der Waals surface area contributed by atoms with Gasteiger partial charge in [-0.2, -0.15) is 13.2 Å². The Kier molecular flexibility index (Phi) is 9.72. The van der Waals surface area contributed by atoms with Gasteiger partial charge in [-0.25, -0.2) is 14.0 Å². The van der Waals surface area contributed by atoms with E-state index < -0.39 is 30.8 Å². The van der Waals surface area contributed by atoms with Gasteiger partial charge in [-0.1, -0.05) is 12.1 Å². The van der Waals surface area contributed by atoms with Crippen molar-refractivity contribution in [1.29, 1.82) is 0 Å². The monoisotopic (exact) mass is 651 g/mol. The van der Waals surface area contributed by atoms with E-state index in [1.807, 2.05) is 0 Å². The van der Waals surface area contributed by atoms with Crippen LogP contribution in [0.15, 0.2) is 41.4 Å². The Balaban J connectivity index is 1.21. The van der Waals surface area contributed by atoms with Gasteiger partial charge in [0.05, 0.1) is 12.1 Å². The zero-order chi connectivity index (χ0) is 33.0. The zero-order valence-corrected chi connectivity index (χ0v) is 24.7. The van der Waals surface area contributed by atoms with Crippen LogP contribution in [-0.4, -0.2) is 90.1 Å². The molecule has 5 rings (SSSR count). The Hall–Kier alpha value is -4.76. The van der Waals surface area contributed by atoms with Crippen LogP contribution in [0.4, 0.5) is 32.8 Å². The number of piperidine rings is 2. The van der Waals surface area contributed by atoms with Crippen molar-refractivity contribution in [1.82, 2.24) is 9.80 Å². The number of likely N-dealkylation sites (tertiary alicyclic amines) is 2. The Bertz CT molecular complexity index is 1490. The fraction of sp³-hybridized carbons (Fsp3) is 0.467. The lowest BCUT2D eigenvalue weighted by molar-refractivity contribution is -0.153. The first kappa shape index (κ1) is 32.6. The molecule has 0 aromatic heterocycles. The third-order valence-corrected chi connectivity index (χ3v) is 8.12. The number of guanidine groups is 1. The molecular formula is C30H33F4N5O7. The first-order valence-electron chi connectivity index (χ1n) is 14.7. The summed E-state index contributed by atoms with van der Waals surface area (Å²) in [5, 5.41) is 8.79. The van der Waals surface area contributed by atoms with Gasteiger partial charge in [-0.3, -0.25) is 9.69 Å². The SMILES string of the molecule is NC(=NC(=O)O)N1CCC(Oc2ccc(CC(=O)N3CCC(N4C(=O)OCc5c(F)cccc54)CC3)c(OCC(F)(F)F)c2)CC1. The van der Waals surface area contributed by atoms with Gasteiger partial charge in [-0.05, 0) is 31.0 Å². The average molecular weight is 652 g/mol. The molecule has 0 aliphatic carbocycles. The first-order chi connectivity index (χ1) is 21.9. The van der Waals surface area contributed by atoms with Gasteiger partial charge >= 0.3 is 18.4 Å². The van der Waals surface area contributed by atoms with Crippen molar-refractivity contribution >= 4 is 29.7 Å². The van der Waals surface area contributed by atoms with E-state index in [-0.39, 0.29) is 67.2 Å². The molecule has 0 radical (unpaired) electrons. The molecule has 2 fully saturated rings. The second kappa shape index (κ2) is 13.7. The standard InChI is InChI=1S/C30H33F4N5O7/c31-23-2-1-3-24-22(23)16-44-29(43)39(24)19-6-10-37(11-7-19)26(40)14-18-4-5-21(15-25(18)45-17-30(32,33)34)46-20-8-12-38(13-9-20)27(35)36-28(41)42/h1-5,15,19-20H,6-14,16-17H2,(H2,35,36)(H,41,42). The van der Waals surface area contributed by atoms with E-state index >= 15 is 0 Å². The minimum Gasteiger partial charge on any atom is -0.490 e. The number of fused-ring (bicyclic) bond motifs is 1. The van der Waals surface area contributed by atoms with Gasteiger partial charge in [0.25, 0.3) is 0 Å². The van der Waals surface area contributed by atoms with Crippen molar-refractivity contribution in [3.63, 3.8) is 0 Å². The van der Waals surface area contributed by atoms with Crippen LogP contribution in [0, 0.1) is 5.82 Å². The van der Waals surface area contributed by atoms with Crippen LogP contribution in [-0.2, 0) is 22.6 Å². The third-order valence-electron chi connectivity index (χ3n) is 8.12. The Morgan fingerprint density at radius 3 is 2.41 bits per heavy atom. The van der Waals surface area contributed by atoms with Crippen molar-refractivity contribution in [3.05, 3.63) is 53.3 Å². The van der Waals surface area contributed by atoms with E-state index in [4.69, 9.17) is 25.1 Å². The van der Waals surface area contributed by atoms with Crippen LogP contribution < -0.4 is 20.1 Å². The molecule has 2 saturated heterocycles. The van der Waals surface area contributed by atoms with Gasteiger partial charge in [0.15, 0.2) is 6.61 Å². The van der Waals surface area contributed by atoms with Crippen molar-refractivity contribution in [2.45, 2.75) is 57.0 Å². The molecule has 2 aromatic rings. The number of hydrogen-bond acceptors (Lipinski definition) is 6. The molecule has 3 aliphatic rings. The van der Waals surface area contributed by atoms with Crippen LogP contribution >= 0.6 is 0 Å². The van der Waals surface area contributed by atoms with E-state index in [0.29, 0.717) is 50.0 Å². The fourth-order valence-corrected chi connectivity index (χ4v) is 5.82. The molecule has 0 atom stereocenters. The van der Waals surface area contributed by atoms with Gasteiger partial charge in [0, 0.05) is 62.3 Å². The van der Waals surface area contributed by atoms with Crippen LogP contribution in [0.5, 0.6) is 11.5 Å². The maximum absolute atomic E-state index is 14.3. The maximum atomic E-state index is 14.3. The smallest absolute Gasteiger partial charge is 0.434 e. The second-order valence-corrected chi connectivity index (χ2v) is 11.2. The van der Waals surface area contributed by atoms with Gasteiger partial charge < -0.3 is 34.9 Å². The highest BCUT2D eigenvalue weighted by Crippen LogP contribution is 2.34. The number of amides is 3. The summed E-state index contributed by atoms with van der Waals surface area (Å²) in [7, 11) is 0. The highest BCUT2D eigenvalue weighted by Gasteiger charge is 2.36. The quantitative estimate of drug-likeness (QED) is 0.254. The van der Waals surface area contributed by atoms with Crippen LogP contribution in [0.25, 0.3) is 0 Å². The lowest BCUT2D eigenvalue weighted by Crippen LogP contribution is -2.50. The summed E-state index contributed by atoms with van der Waals surface area (Å²) in [5.41, 5.74) is 6.68. The van der Waals surface area contributed by atoms with Crippen molar-refractivity contribution in [2.24, 2.45) is 10.7 Å². The summed E-state index contributed by atoms with van der Waals surface area (Å²) in [6, 6.07) is 8.52. The maximum Gasteiger partial charge on any atom is 0.434 e. The Labute approximate surface area is 261 Å². The molecule has 46 heavy (non-hydrogen) atoms. The Morgan fingerprint density at radius 1 is 1.04 bits per heavy atom. The molecule has 3 heterocycles. The van der Waals surface area contributed by atoms with Crippen LogP contribution in [0.2, 0.25) is 0 Å². The number of ether oxygens (including phenoxy) is 3. The zero-order valence-electron chi connectivity index (χ0n) is 24.7. The lowest BCUT2D eigenvalue weighted by Gasteiger charge is -2.40. The predicted octanol–water partition coefficient (Wildman–Crippen LogP) is 4.29. The highest BCUT2D eigenvalue weighted by molar-refractivity contribution is 5.91. The molecule has 0 bridgehead atoms. The molecule has 3 aliphatic heterocycles. The van der Waals surface area contributed by atoms with Crippen molar-refractivity contribution in [3.8, 4) is 11.5 Å². The molecule has 3 N–H and O–H groups in total.